The molecule has 0 aliphatic heterocycles. The van der Waals surface area contributed by atoms with Crippen molar-refractivity contribution in [2.24, 2.45) is 0 Å². The zero-order chi connectivity index (χ0) is 18.6. The molecule has 132 valence electrons. The van der Waals surface area contributed by atoms with Crippen LogP contribution in [0.25, 0.3) is 0 Å². The Bertz CT molecular complexity index is 803. The first-order valence-electron chi connectivity index (χ1n) is 7.18. The van der Waals surface area contributed by atoms with E-state index in [1.54, 1.807) is 6.92 Å². The zero-order valence-electron chi connectivity index (χ0n) is 13.1. The molecule has 0 aliphatic carbocycles. The molecular formula is C17H14F4N2O2. The standard InChI is InChI=1S/C17H14F4N2O2/c1-10-5-6-13(18)14(7-10)23-16(25)9-15(24)22-12-4-2-3-11(8-12)17(19,20)21/h2-8H,9H2,1H3,(H,22,24)(H,23,25). The van der Waals surface area contributed by atoms with Crippen molar-refractivity contribution in [3.63, 3.8) is 0 Å². The summed E-state index contributed by atoms with van der Waals surface area (Å²) < 4.78 is 51.4. The number of hydrogen-bond donors (Lipinski definition) is 2. The largest absolute Gasteiger partial charge is 0.416 e. The van der Waals surface area contributed by atoms with E-state index < -0.39 is 35.8 Å². The molecule has 0 saturated carbocycles. The van der Waals surface area contributed by atoms with Gasteiger partial charge in [0.05, 0.1) is 11.3 Å². The summed E-state index contributed by atoms with van der Waals surface area (Å²) in [4.78, 5) is 23.6. The van der Waals surface area contributed by atoms with Crippen molar-refractivity contribution >= 4 is 23.2 Å². The SMILES string of the molecule is Cc1ccc(F)c(NC(=O)CC(=O)Nc2cccc(C(F)(F)F)c2)c1. The molecule has 2 rings (SSSR count). The molecule has 2 N–H and O–H groups in total. The molecule has 2 aromatic rings. The van der Waals surface area contributed by atoms with Crippen LogP contribution in [-0.2, 0) is 15.8 Å². The molecule has 2 amide bonds. The molecule has 0 spiro atoms. The average Bonchev–Trinajstić information content (AvgIpc) is 2.50. The molecule has 0 unspecified atom stereocenters. The van der Waals surface area contributed by atoms with Crippen molar-refractivity contribution in [1.29, 1.82) is 0 Å². The molecule has 25 heavy (non-hydrogen) atoms. The highest BCUT2D eigenvalue weighted by molar-refractivity contribution is 6.08. The normalized spacial score (nSPS) is 11.1. The first-order valence-corrected chi connectivity index (χ1v) is 7.18. The van der Waals surface area contributed by atoms with Gasteiger partial charge in [-0.2, -0.15) is 13.2 Å². The van der Waals surface area contributed by atoms with Gasteiger partial charge >= 0.3 is 6.18 Å². The summed E-state index contributed by atoms with van der Waals surface area (Å²) in [6.45, 7) is 1.70. The minimum atomic E-state index is -4.54. The van der Waals surface area contributed by atoms with Gasteiger partial charge in [-0.15, -0.1) is 0 Å². The minimum Gasteiger partial charge on any atom is -0.326 e. The summed E-state index contributed by atoms with van der Waals surface area (Å²) in [5.41, 5.74) is -0.368. The molecule has 0 aliphatic rings. The third-order valence-electron chi connectivity index (χ3n) is 3.19. The van der Waals surface area contributed by atoms with Crippen LogP contribution >= 0.6 is 0 Å². The van der Waals surface area contributed by atoms with Crippen molar-refractivity contribution in [3.05, 3.63) is 59.4 Å². The van der Waals surface area contributed by atoms with Crippen molar-refractivity contribution in [1.82, 2.24) is 0 Å². The number of benzene rings is 2. The molecule has 0 fully saturated rings. The van der Waals surface area contributed by atoms with Gasteiger partial charge in [0.1, 0.15) is 12.2 Å². The lowest BCUT2D eigenvalue weighted by atomic mass is 10.2. The Kier molecular flexibility index (Phi) is 5.41. The molecule has 0 saturated heterocycles. The van der Waals surface area contributed by atoms with Gasteiger partial charge < -0.3 is 10.6 Å². The first kappa shape index (κ1) is 18.4. The van der Waals surface area contributed by atoms with Crippen LogP contribution in [0.3, 0.4) is 0 Å². The maximum Gasteiger partial charge on any atom is 0.416 e. The number of aryl methyl sites for hydroxylation is 1. The zero-order valence-corrected chi connectivity index (χ0v) is 13.1. The van der Waals surface area contributed by atoms with E-state index in [9.17, 15) is 27.2 Å². The van der Waals surface area contributed by atoms with Crippen molar-refractivity contribution in [3.8, 4) is 0 Å². The average molecular weight is 354 g/mol. The van der Waals surface area contributed by atoms with E-state index in [-0.39, 0.29) is 11.4 Å². The van der Waals surface area contributed by atoms with E-state index in [0.29, 0.717) is 5.56 Å². The summed E-state index contributed by atoms with van der Waals surface area (Å²) in [6, 6.07) is 8.13. The lowest BCUT2D eigenvalue weighted by molar-refractivity contribution is -0.137. The van der Waals surface area contributed by atoms with Gasteiger partial charge in [-0.25, -0.2) is 4.39 Å². The predicted octanol–water partition coefficient (Wildman–Crippen LogP) is 4.12. The summed E-state index contributed by atoms with van der Waals surface area (Å²) in [7, 11) is 0. The third-order valence-corrected chi connectivity index (χ3v) is 3.19. The lowest BCUT2D eigenvalue weighted by Crippen LogP contribution is -2.22. The number of amides is 2. The molecule has 0 bridgehead atoms. The topological polar surface area (TPSA) is 58.2 Å². The van der Waals surface area contributed by atoms with Gasteiger partial charge in [0, 0.05) is 5.69 Å². The van der Waals surface area contributed by atoms with E-state index in [4.69, 9.17) is 0 Å². The Morgan fingerprint density at radius 1 is 1.00 bits per heavy atom. The predicted molar refractivity (Wildman–Crippen MR) is 84.5 cm³/mol. The fourth-order valence-electron chi connectivity index (χ4n) is 2.05. The van der Waals surface area contributed by atoms with Gasteiger partial charge in [-0.3, -0.25) is 9.59 Å². The summed E-state index contributed by atoms with van der Waals surface area (Å²) in [5.74, 6) is -2.25. The number of rotatable bonds is 4. The number of hydrogen-bond acceptors (Lipinski definition) is 2. The van der Waals surface area contributed by atoms with Gasteiger partial charge in [0.2, 0.25) is 11.8 Å². The Balaban J connectivity index is 1.98. The second-order valence-electron chi connectivity index (χ2n) is 5.33. The summed E-state index contributed by atoms with van der Waals surface area (Å²) in [6.07, 6.45) is -5.20. The molecule has 2 aromatic carbocycles. The quantitative estimate of drug-likeness (QED) is 0.641. The van der Waals surface area contributed by atoms with Crippen LogP contribution in [0, 0.1) is 12.7 Å². The van der Waals surface area contributed by atoms with E-state index in [2.05, 4.69) is 10.6 Å². The van der Waals surface area contributed by atoms with Gasteiger partial charge in [0.25, 0.3) is 0 Å². The fraction of sp³-hybridized carbons (Fsp3) is 0.176. The Hall–Kier alpha value is -2.90. The van der Waals surface area contributed by atoms with Crippen LogP contribution in [0.15, 0.2) is 42.5 Å². The minimum absolute atomic E-state index is 0.0723. The van der Waals surface area contributed by atoms with E-state index >= 15 is 0 Å². The van der Waals surface area contributed by atoms with Gasteiger partial charge in [-0.1, -0.05) is 12.1 Å². The highest BCUT2D eigenvalue weighted by Crippen LogP contribution is 2.30. The first-order chi connectivity index (χ1) is 11.6. The Morgan fingerprint density at radius 2 is 1.68 bits per heavy atom. The molecular weight excluding hydrogens is 340 g/mol. The molecule has 0 radical (unpaired) electrons. The molecule has 0 aromatic heterocycles. The van der Waals surface area contributed by atoms with E-state index in [0.717, 1.165) is 18.2 Å². The van der Waals surface area contributed by atoms with Crippen LogP contribution in [0.2, 0.25) is 0 Å². The van der Waals surface area contributed by atoms with Gasteiger partial charge in [0.15, 0.2) is 0 Å². The number of halogens is 4. The highest BCUT2D eigenvalue weighted by atomic mass is 19.4. The van der Waals surface area contributed by atoms with Crippen LogP contribution in [0.4, 0.5) is 28.9 Å². The smallest absolute Gasteiger partial charge is 0.326 e. The van der Waals surface area contributed by atoms with E-state index in [1.807, 2.05) is 0 Å². The second-order valence-corrected chi connectivity index (χ2v) is 5.33. The number of alkyl halides is 3. The molecule has 4 nitrogen and oxygen atoms in total. The second kappa shape index (κ2) is 7.33. The lowest BCUT2D eigenvalue weighted by Gasteiger charge is -2.10. The van der Waals surface area contributed by atoms with Crippen molar-refractivity contribution in [2.45, 2.75) is 19.5 Å². The third kappa shape index (κ3) is 5.30. The number of nitrogens with one attached hydrogen (secondary N) is 2. The molecule has 8 heteroatoms. The van der Waals surface area contributed by atoms with Crippen LogP contribution in [-0.4, -0.2) is 11.8 Å². The van der Waals surface area contributed by atoms with Crippen LogP contribution in [0.1, 0.15) is 17.5 Å². The van der Waals surface area contributed by atoms with E-state index in [1.165, 1.54) is 24.3 Å². The number of carbonyl (C=O) groups excluding carboxylic acids is 2. The number of carbonyl (C=O) groups is 2. The monoisotopic (exact) mass is 354 g/mol. The summed E-state index contributed by atoms with van der Waals surface area (Å²) >= 11 is 0. The fourth-order valence-corrected chi connectivity index (χ4v) is 2.05. The Labute approximate surface area is 140 Å². The highest BCUT2D eigenvalue weighted by Gasteiger charge is 2.30. The Morgan fingerprint density at radius 3 is 2.36 bits per heavy atom. The maximum absolute atomic E-state index is 13.5. The molecule has 0 atom stereocenters. The van der Waals surface area contributed by atoms with Crippen LogP contribution < -0.4 is 10.6 Å². The number of anilines is 2. The maximum atomic E-state index is 13.5. The van der Waals surface area contributed by atoms with Crippen molar-refractivity contribution in [2.75, 3.05) is 10.6 Å². The summed E-state index contributed by atoms with van der Waals surface area (Å²) in [5, 5.41) is 4.45. The molecule has 0 heterocycles. The van der Waals surface area contributed by atoms with Crippen LogP contribution in [0.5, 0.6) is 0 Å². The van der Waals surface area contributed by atoms with Gasteiger partial charge in [-0.05, 0) is 42.8 Å². The van der Waals surface area contributed by atoms with Crippen molar-refractivity contribution < 1.29 is 27.2 Å².